The van der Waals surface area contributed by atoms with Crippen LogP contribution in [0.3, 0.4) is 0 Å². The number of imidazole rings is 1. The van der Waals surface area contributed by atoms with Crippen LogP contribution in [-0.2, 0) is 10.8 Å². The smallest absolute Gasteiger partial charge is 0.149 e. The van der Waals surface area contributed by atoms with Crippen LogP contribution in [0, 0.1) is 0 Å². The predicted molar refractivity (Wildman–Crippen MR) is 200 cm³/mol. The highest BCUT2D eigenvalue weighted by Crippen LogP contribution is 2.44. The monoisotopic (exact) mass is 627 g/mol. The number of para-hydroxylation sites is 3. The van der Waals surface area contributed by atoms with Crippen molar-refractivity contribution in [1.29, 1.82) is 0 Å². The minimum Gasteiger partial charge on any atom is -0.507 e. The van der Waals surface area contributed by atoms with E-state index in [1.807, 2.05) is 42.6 Å². The number of phenolic OH excluding ortho intramolecular Hbond substituents is 1. The SMILES string of the molecule is CC(C)(C)c1cccc(C(C)(C)C)c1-n1c(-c2ccccc2O)nc2c(-c3cc(-c4ccccc4)cc(-c4ccccn4)c3)cccc21. The molecule has 1 N–H and O–H groups in total. The number of hydrogen-bond acceptors (Lipinski definition) is 3. The fraction of sp³-hybridized carbons (Fsp3) is 0.182. The van der Waals surface area contributed by atoms with Gasteiger partial charge in [0, 0.05) is 17.3 Å². The Morgan fingerprint density at radius 1 is 0.542 bits per heavy atom. The first-order chi connectivity index (χ1) is 23.0. The minimum atomic E-state index is -0.150. The van der Waals surface area contributed by atoms with Crippen molar-refractivity contribution in [3.8, 4) is 56.3 Å². The van der Waals surface area contributed by atoms with Crippen LogP contribution in [0.1, 0.15) is 52.7 Å². The molecule has 0 aliphatic heterocycles. The van der Waals surface area contributed by atoms with Gasteiger partial charge in [-0.05, 0) is 87.2 Å². The Morgan fingerprint density at radius 2 is 1.15 bits per heavy atom. The molecular weight excluding hydrogens is 587 g/mol. The van der Waals surface area contributed by atoms with Crippen LogP contribution in [0.2, 0.25) is 0 Å². The van der Waals surface area contributed by atoms with Gasteiger partial charge in [0.2, 0.25) is 0 Å². The van der Waals surface area contributed by atoms with E-state index in [4.69, 9.17) is 9.97 Å². The van der Waals surface area contributed by atoms with Gasteiger partial charge in [0.1, 0.15) is 11.6 Å². The number of benzene rings is 5. The van der Waals surface area contributed by atoms with E-state index in [9.17, 15) is 5.11 Å². The molecule has 0 aliphatic rings. The van der Waals surface area contributed by atoms with Gasteiger partial charge < -0.3 is 5.11 Å². The summed E-state index contributed by atoms with van der Waals surface area (Å²) in [4.78, 5) is 10.1. The molecule has 4 nitrogen and oxygen atoms in total. The number of aromatic nitrogens is 3. The summed E-state index contributed by atoms with van der Waals surface area (Å²) in [6.45, 7) is 13.6. The maximum Gasteiger partial charge on any atom is 0.149 e. The molecule has 0 unspecified atom stereocenters. The second-order valence-corrected chi connectivity index (χ2v) is 14.5. The molecule has 0 saturated carbocycles. The Labute approximate surface area is 283 Å². The highest BCUT2D eigenvalue weighted by atomic mass is 16.3. The van der Waals surface area contributed by atoms with Crippen LogP contribution in [0.25, 0.3) is 61.6 Å². The lowest BCUT2D eigenvalue weighted by Gasteiger charge is -2.31. The lowest BCUT2D eigenvalue weighted by molar-refractivity contribution is 0.477. The van der Waals surface area contributed by atoms with Crippen LogP contribution < -0.4 is 0 Å². The molecule has 48 heavy (non-hydrogen) atoms. The van der Waals surface area contributed by atoms with Crippen molar-refractivity contribution in [3.05, 3.63) is 145 Å². The fourth-order valence-corrected chi connectivity index (χ4v) is 6.66. The van der Waals surface area contributed by atoms with Gasteiger partial charge in [-0.3, -0.25) is 9.55 Å². The fourth-order valence-electron chi connectivity index (χ4n) is 6.66. The molecule has 0 aliphatic carbocycles. The number of hydrogen-bond donors (Lipinski definition) is 1. The van der Waals surface area contributed by atoms with E-state index in [1.54, 1.807) is 6.07 Å². The standard InChI is InChI=1S/C44H41N3O/c1-43(2,3)35-20-15-21-36(44(4,5)6)41(35)47-38-23-14-19-33(40(38)46-42(47)34-18-10-11-24-39(34)48)31-26-30(29-16-8-7-9-17-29)27-32(28-31)37-22-12-13-25-45-37/h7-28,48H,1-6H3. The molecule has 0 radical (unpaired) electrons. The average molecular weight is 628 g/mol. The molecule has 0 amide bonds. The summed E-state index contributed by atoms with van der Waals surface area (Å²) >= 11 is 0. The molecule has 0 atom stereocenters. The van der Waals surface area contributed by atoms with Gasteiger partial charge in [0.25, 0.3) is 0 Å². The molecule has 7 rings (SSSR count). The second kappa shape index (κ2) is 12.0. The summed E-state index contributed by atoms with van der Waals surface area (Å²) in [5.74, 6) is 0.909. The molecule has 4 heteroatoms. The van der Waals surface area contributed by atoms with Crippen molar-refractivity contribution in [2.24, 2.45) is 0 Å². The summed E-state index contributed by atoms with van der Waals surface area (Å²) in [5.41, 5.74) is 12.1. The van der Waals surface area contributed by atoms with Crippen molar-refractivity contribution < 1.29 is 5.11 Å². The van der Waals surface area contributed by atoms with Gasteiger partial charge in [-0.15, -0.1) is 0 Å². The Kier molecular flexibility index (Phi) is 7.75. The number of nitrogens with zero attached hydrogens (tertiary/aromatic N) is 3. The predicted octanol–water partition coefficient (Wildman–Crippen LogP) is 11.4. The third-order valence-electron chi connectivity index (χ3n) is 9.02. The zero-order chi connectivity index (χ0) is 33.6. The lowest BCUT2D eigenvalue weighted by atomic mass is 9.78. The van der Waals surface area contributed by atoms with Crippen molar-refractivity contribution >= 4 is 11.0 Å². The van der Waals surface area contributed by atoms with E-state index < -0.39 is 0 Å². The van der Waals surface area contributed by atoms with Crippen LogP contribution in [0.4, 0.5) is 0 Å². The molecule has 2 heterocycles. The van der Waals surface area contributed by atoms with Crippen molar-refractivity contribution in [2.45, 2.75) is 52.4 Å². The van der Waals surface area contributed by atoms with Gasteiger partial charge in [0.15, 0.2) is 0 Å². The number of aromatic hydroxyl groups is 1. The Morgan fingerprint density at radius 3 is 1.81 bits per heavy atom. The first-order valence-electron chi connectivity index (χ1n) is 16.6. The molecule has 5 aromatic carbocycles. The van der Waals surface area contributed by atoms with Crippen LogP contribution in [0.15, 0.2) is 134 Å². The zero-order valence-corrected chi connectivity index (χ0v) is 28.5. The second-order valence-electron chi connectivity index (χ2n) is 14.5. The highest BCUT2D eigenvalue weighted by molar-refractivity contribution is 5.98. The minimum absolute atomic E-state index is 0.150. The molecule has 7 aromatic rings. The first-order valence-corrected chi connectivity index (χ1v) is 16.6. The lowest BCUT2D eigenvalue weighted by Crippen LogP contribution is -2.22. The third kappa shape index (κ3) is 5.68. The maximum absolute atomic E-state index is 11.3. The number of fused-ring (bicyclic) bond motifs is 1. The van der Waals surface area contributed by atoms with Crippen LogP contribution in [-0.4, -0.2) is 19.6 Å². The van der Waals surface area contributed by atoms with Gasteiger partial charge in [-0.25, -0.2) is 4.98 Å². The van der Waals surface area contributed by atoms with E-state index in [2.05, 4.69) is 131 Å². The summed E-state index contributed by atoms with van der Waals surface area (Å²) < 4.78 is 2.29. The zero-order valence-electron chi connectivity index (χ0n) is 28.5. The van der Waals surface area contributed by atoms with Crippen molar-refractivity contribution in [1.82, 2.24) is 14.5 Å². The Hall–Kier alpha value is -5.48. The van der Waals surface area contributed by atoms with Gasteiger partial charge in [0.05, 0.1) is 28.0 Å². The van der Waals surface area contributed by atoms with Crippen LogP contribution >= 0.6 is 0 Å². The van der Waals surface area contributed by atoms with E-state index in [0.717, 1.165) is 50.2 Å². The van der Waals surface area contributed by atoms with Crippen molar-refractivity contribution in [2.75, 3.05) is 0 Å². The molecule has 238 valence electrons. The molecule has 0 fully saturated rings. The maximum atomic E-state index is 11.3. The Balaban J connectivity index is 1.59. The summed E-state index contributed by atoms with van der Waals surface area (Å²) in [5, 5.41) is 11.3. The van der Waals surface area contributed by atoms with E-state index in [-0.39, 0.29) is 16.6 Å². The van der Waals surface area contributed by atoms with E-state index in [0.29, 0.717) is 11.4 Å². The summed E-state index contributed by atoms with van der Waals surface area (Å²) in [7, 11) is 0. The normalized spacial score (nSPS) is 12.0. The first kappa shape index (κ1) is 31.1. The summed E-state index contributed by atoms with van der Waals surface area (Å²) in [6.07, 6.45) is 1.84. The molecule has 0 spiro atoms. The number of rotatable bonds is 5. The molecular formula is C44H41N3O. The van der Waals surface area contributed by atoms with Gasteiger partial charge in [-0.2, -0.15) is 0 Å². The molecule has 0 bridgehead atoms. The Bertz CT molecular complexity index is 2160. The average Bonchev–Trinajstić information content (AvgIpc) is 3.47. The summed E-state index contributed by atoms with van der Waals surface area (Å²) in [6, 6.07) is 43.8. The van der Waals surface area contributed by atoms with Gasteiger partial charge in [-0.1, -0.05) is 120 Å². The number of pyridine rings is 1. The topological polar surface area (TPSA) is 50.9 Å². The van der Waals surface area contributed by atoms with E-state index >= 15 is 0 Å². The number of phenols is 1. The quantitative estimate of drug-likeness (QED) is 0.207. The third-order valence-corrected chi connectivity index (χ3v) is 9.02. The van der Waals surface area contributed by atoms with E-state index in [1.165, 1.54) is 11.1 Å². The van der Waals surface area contributed by atoms with Crippen LogP contribution in [0.5, 0.6) is 5.75 Å². The highest BCUT2D eigenvalue weighted by Gasteiger charge is 2.30. The van der Waals surface area contributed by atoms with Gasteiger partial charge >= 0.3 is 0 Å². The largest absolute Gasteiger partial charge is 0.507 e. The van der Waals surface area contributed by atoms with Crippen molar-refractivity contribution in [3.63, 3.8) is 0 Å². The molecule has 0 saturated heterocycles. The molecule has 2 aromatic heterocycles.